The van der Waals surface area contributed by atoms with Gasteiger partial charge in [-0.05, 0) is 56.2 Å². The van der Waals surface area contributed by atoms with Crippen LogP contribution in [-0.4, -0.2) is 59.6 Å². The number of amides is 4. The molecule has 1 atom stereocenters. The van der Waals surface area contributed by atoms with Gasteiger partial charge in [0.2, 0.25) is 12.7 Å². The molecule has 29 heavy (non-hydrogen) atoms. The van der Waals surface area contributed by atoms with Crippen molar-refractivity contribution in [2.45, 2.75) is 45.6 Å². The fourth-order valence-corrected chi connectivity index (χ4v) is 4.42. The lowest BCUT2D eigenvalue weighted by atomic mass is 9.77. The van der Waals surface area contributed by atoms with Gasteiger partial charge in [0.1, 0.15) is 12.1 Å². The van der Waals surface area contributed by atoms with E-state index >= 15 is 0 Å². The second-order valence-corrected chi connectivity index (χ2v) is 9.00. The van der Waals surface area contributed by atoms with Gasteiger partial charge in [-0.1, -0.05) is 13.0 Å². The van der Waals surface area contributed by atoms with Gasteiger partial charge in [0.25, 0.3) is 5.91 Å². The second-order valence-electron chi connectivity index (χ2n) is 9.00. The van der Waals surface area contributed by atoms with Crippen LogP contribution < -0.4 is 14.8 Å². The van der Waals surface area contributed by atoms with E-state index in [2.05, 4.69) is 12.2 Å². The van der Waals surface area contributed by atoms with Gasteiger partial charge in [-0.15, -0.1) is 0 Å². The number of carbonyl (C=O) groups is 3. The van der Waals surface area contributed by atoms with E-state index in [9.17, 15) is 14.4 Å². The number of imide groups is 1. The predicted molar refractivity (Wildman–Crippen MR) is 105 cm³/mol. The fourth-order valence-electron chi connectivity index (χ4n) is 4.42. The van der Waals surface area contributed by atoms with Gasteiger partial charge in [0, 0.05) is 13.1 Å². The van der Waals surface area contributed by atoms with Gasteiger partial charge < -0.3 is 19.3 Å². The van der Waals surface area contributed by atoms with Crippen LogP contribution in [0.4, 0.5) is 4.79 Å². The molecule has 0 unspecified atom stereocenters. The molecule has 3 aliphatic heterocycles. The SMILES string of the molecule is CC1(C)C(=O)NC(=O)N1CC(=O)N1CCC[C@@](C)(Cc2ccc3c(c2)OCO3)C1. The third-order valence-corrected chi connectivity index (χ3v) is 6.19. The van der Waals surface area contributed by atoms with Crippen molar-refractivity contribution in [1.29, 1.82) is 0 Å². The first-order valence-corrected chi connectivity index (χ1v) is 9.97. The van der Waals surface area contributed by atoms with Gasteiger partial charge in [-0.2, -0.15) is 0 Å². The number of hydrogen-bond acceptors (Lipinski definition) is 5. The Morgan fingerprint density at radius 3 is 2.66 bits per heavy atom. The van der Waals surface area contributed by atoms with E-state index in [1.54, 1.807) is 13.8 Å². The van der Waals surface area contributed by atoms with Crippen LogP contribution >= 0.6 is 0 Å². The molecule has 1 N–H and O–H groups in total. The molecule has 0 bridgehead atoms. The van der Waals surface area contributed by atoms with Crippen LogP contribution in [0, 0.1) is 5.41 Å². The van der Waals surface area contributed by atoms with Crippen molar-refractivity contribution in [1.82, 2.24) is 15.1 Å². The molecule has 4 amide bonds. The monoisotopic (exact) mass is 401 g/mol. The largest absolute Gasteiger partial charge is 0.454 e. The molecular weight excluding hydrogens is 374 g/mol. The van der Waals surface area contributed by atoms with E-state index in [4.69, 9.17) is 9.47 Å². The maximum Gasteiger partial charge on any atom is 0.325 e. The Hall–Kier alpha value is -2.77. The topological polar surface area (TPSA) is 88.2 Å². The number of likely N-dealkylation sites (tertiary alicyclic amines) is 1. The Kier molecular flexibility index (Phi) is 4.67. The first-order chi connectivity index (χ1) is 13.7. The van der Waals surface area contributed by atoms with E-state index in [0.29, 0.717) is 13.1 Å². The molecular formula is C21H27N3O5. The minimum atomic E-state index is -1.02. The average Bonchev–Trinajstić information content (AvgIpc) is 3.19. The summed E-state index contributed by atoms with van der Waals surface area (Å²) in [7, 11) is 0. The number of fused-ring (bicyclic) bond motifs is 1. The Labute approximate surface area is 170 Å². The smallest absolute Gasteiger partial charge is 0.325 e. The average molecular weight is 401 g/mol. The van der Waals surface area contributed by atoms with Crippen molar-refractivity contribution in [3.8, 4) is 11.5 Å². The molecule has 8 nitrogen and oxygen atoms in total. The summed E-state index contributed by atoms with van der Waals surface area (Å²) in [4.78, 5) is 40.1. The maximum atomic E-state index is 12.9. The van der Waals surface area contributed by atoms with E-state index in [0.717, 1.165) is 36.3 Å². The Bertz CT molecular complexity index is 868. The summed E-state index contributed by atoms with van der Waals surface area (Å²) in [5.74, 6) is 1.03. The number of urea groups is 1. The number of piperidine rings is 1. The summed E-state index contributed by atoms with van der Waals surface area (Å²) >= 11 is 0. The molecule has 156 valence electrons. The summed E-state index contributed by atoms with van der Waals surface area (Å²) in [6.07, 6.45) is 2.74. The van der Waals surface area contributed by atoms with Gasteiger partial charge in [-0.3, -0.25) is 14.9 Å². The highest BCUT2D eigenvalue weighted by Gasteiger charge is 2.47. The lowest BCUT2D eigenvalue weighted by Gasteiger charge is -2.41. The molecule has 0 aromatic heterocycles. The Balaban J connectivity index is 1.43. The van der Waals surface area contributed by atoms with E-state index in [1.165, 1.54) is 4.90 Å². The number of ether oxygens (including phenoxy) is 2. The number of hydrogen-bond donors (Lipinski definition) is 1. The summed E-state index contributed by atoms with van der Waals surface area (Å²) in [6, 6.07) is 5.48. The van der Waals surface area contributed by atoms with Crippen molar-refractivity contribution in [3.63, 3.8) is 0 Å². The maximum absolute atomic E-state index is 12.9. The highest BCUT2D eigenvalue weighted by molar-refractivity contribution is 6.07. The van der Waals surface area contributed by atoms with Crippen LogP contribution in [0.25, 0.3) is 0 Å². The molecule has 1 aromatic carbocycles. The Morgan fingerprint density at radius 2 is 1.93 bits per heavy atom. The van der Waals surface area contributed by atoms with E-state index in [-0.39, 0.29) is 30.6 Å². The van der Waals surface area contributed by atoms with Gasteiger partial charge in [-0.25, -0.2) is 4.79 Å². The van der Waals surface area contributed by atoms with Crippen molar-refractivity contribution < 1.29 is 23.9 Å². The van der Waals surface area contributed by atoms with Crippen LogP contribution in [0.3, 0.4) is 0 Å². The minimum absolute atomic E-state index is 0.0692. The molecule has 8 heteroatoms. The quantitative estimate of drug-likeness (QED) is 0.779. The third kappa shape index (κ3) is 3.63. The molecule has 3 heterocycles. The molecule has 0 spiro atoms. The fraction of sp³-hybridized carbons (Fsp3) is 0.571. The Morgan fingerprint density at radius 1 is 1.17 bits per heavy atom. The van der Waals surface area contributed by atoms with Gasteiger partial charge in [0.05, 0.1) is 0 Å². The van der Waals surface area contributed by atoms with Crippen LogP contribution in [0.15, 0.2) is 18.2 Å². The third-order valence-electron chi connectivity index (χ3n) is 6.19. The lowest BCUT2D eigenvalue weighted by Crippen LogP contribution is -2.53. The van der Waals surface area contributed by atoms with Gasteiger partial charge >= 0.3 is 6.03 Å². The minimum Gasteiger partial charge on any atom is -0.454 e. The van der Waals surface area contributed by atoms with Crippen LogP contribution in [-0.2, 0) is 16.0 Å². The first-order valence-electron chi connectivity index (χ1n) is 9.97. The normalized spacial score (nSPS) is 25.3. The number of rotatable bonds is 4. The van der Waals surface area contributed by atoms with Crippen LogP contribution in [0.1, 0.15) is 39.2 Å². The van der Waals surface area contributed by atoms with E-state index in [1.807, 2.05) is 23.1 Å². The summed E-state index contributed by atoms with van der Waals surface area (Å²) < 4.78 is 10.9. The highest BCUT2D eigenvalue weighted by Crippen LogP contribution is 2.37. The zero-order chi connectivity index (χ0) is 20.8. The van der Waals surface area contributed by atoms with Crippen molar-refractivity contribution in [2.75, 3.05) is 26.4 Å². The van der Waals surface area contributed by atoms with Crippen molar-refractivity contribution >= 4 is 17.8 Å². The van der Waals surface area contributed by atoms with E-state index < -0.39 is 11.6 Å². The first kappa shape index (κ1) is 19.5. The second kappa shape index (κ2) is 6.93. The molecule has 0 radical (unpaired) electrons. The molecule has 2 saturated heterocycles. The summed E-state index contributed by atoms with van der Waals surface area (Å²) in [6.45, 7) is 6.93. The highest BCUT2D eigenvalue weighted by atomic mass is 16.7. The van der Waals surface area contributed by atoms with Crippen LogP contribution in [0.2, 0.25) is 0 Å². The molecule has 0 saturated carbocycles. The molecule has 1 aromatic rings. The predicted octanol–water partition coefficient (Wildman–Crippen LogP) is 1.92. The molecule has 0 aliphatic carbocycles. The molecule has 2 fully saturated rings. The zero-order valence-electron chi connectivity index (χ0n) is 17.1. The molecule has 3 aliphatic rings. The summed E-state index contributed by atoms with van der Waals surface area (Å²) in [5.41, 5.74) is 0.0649. The van der Waals surface area contributed by atoms with Crippen molar-refractivity contribution in [3.05, 3.63) is 23.8 Å². The lowest BCUT2D eigenvalue weighted by molar-refractivity contribution is -0.136. The number of benzene rings is 1. The van der Waals surface area contributed by atoms with Crippen LogP contribution in [0.5, 0.6) is 11.5 Å². The van der Waals surface area contributed by atoms with Gasteiger partial charge in [0.15, 0.2) is 11.5 Å². The summed E-state index contributed by atoms with van der Waals surface area (Å²) in [5, 5.41) is 2.29. The van der Waals surface area contributed by atoms with Crippen molar-refractivity contribution in [2.24, 2.45) is 5.41 Å². The number of nitrogens with zero attached hydrogens (tertiary/aromatic N) is 2. The number of nitrogens with one attached hydrogen (secondary N) is 1. The standard InChI is InChI=1S/C21H27N3O5/c1-20(2)18(26)22-19(27)24(20)11-17(25)23-8-4-7-21(3,12-23)10-14-5-6-15-16(9-14)29-13-28-15/h5-6,9H,4,7-8,10-13H2,1-3H3,(H,22,26,27)/t21-/m0/s1. The molecule has 4 rings (SSSR count). The number of carbonyl (C=O) groups excluding carboxylic acids is 3. The zero-order valence-corrected chi connectivity index (χ0v) is 17.1.